The zero-order valence-electron chi connectivity index (χ0n) is 11.5. The SMILES string of the molecule is O=C(Nc1nccs1)c1ccccc1C(=O)c1ccccc1. The van der Waals surface area contributed by atoms with E-state index in [0.29, 0.717) is 21.8 Å². The molecule has 1 aromatic heterocycles. The summed E-state index contributed by atoms with van der Waals surface area (Å²) in [4.78, 5) is 29.0. The van der Waals surface area contributed by atoms with E-state index in [-0.39, 0.29) is 11.7 Å². The molecule has 22 heavy (non-hydrogen) atoms. The maximum Gasteiger partial charge on any atom is 0.258 e. The van der Waals surface area contributed by atoms with Crippen molar-refractivity contribution in [2.75, 3.05) is 5.32 Å². The molecule has 0 radical (unpaired) electrons. The Bertz CT molecular complexity index is 799. The van der Waals surface area contributed by atoms with Gasteiger partial charge in [-0.05, 0) is 6.07 Å². The highest BCUT2D eigenvalue weighted by atomic mass is 32.1. The Morgan fingerprint density at radius 2 is 1.59 bits per heavy atom. The van der Waals surface area contributed by atoms with Crippen LogP contribution in [0.2, 0.25) is 0 Å². The molecule has 108 valence electrons. The first-order chi connectivity index (χ1) is 10.8. The van der Waals surface area contributed by atoms with Crippen LogP contribution in [0.3, 0.4) is 0 Å². The number of nitrogens with zero attached hydrogens (tertiary/aromatic N) is 1. The van der Waals surface area contributed by atoms with Crippen molar-refractivity contribution in [1.29, 1.82) is 0 Å². The third-order valence-electron chi connectivity index (χ3n) is 3.11. The minimum absolute atomic E-state index is 0.175. The number of nitrogens with one attached hydrogen (secondary N) is 1. The monoisotopic (exact) mass is 308 g/mol. The van der Waals surface area contributed by atoms with Crippen molar-refractivity contribution in [2.24, 2.45) is 0 Å². The third kappa shape index (κ3) is 2.94. The maximum absolute atomic E-state index is 12.6. The van der Waals surface area contributed by atoms with Crippen LogP contribution in [-0.4, -0.2) is 16.7 Å². The Kier molecular flexibility index (Phi) is 4.07. The molecule has 3 aromatic rings. The van der Waals surface area contributed by atoms with Crippen molar-refractivity contribution >= 4 is 28.2 Å². The predicted molar refractivity (Wildman–Crippen MR) is 86.4 cm³/mol. The molecule has 1 heterocycles. The molecule has 0 fully saturated rings. The smallest absolute Gasteiger partial charge is 0.258 e. The second-order valence-corrected chi connectivity index (χ2v) is 5.43. The molecular weight excluding hydrogens is 296 g/mol. The summed E-state index contributed by atoms with van der Waals surface area (Å²) >= 11 is 1.33. The number of carbonyl (C=O) groups excluding carboxylic acids is 2. The molecule has 0 aliphatic rings. The Morgan fingerprint density at radius 3 is 2.27 bits per heavy atom. The number of ketones is 1. The van der Waals surface area contributed by atoms with Gasteiger partial charge in [-0.3, -0.25) is 14.9 Å². The molecule has 4 nitrogen and oxygen atoms in total. The zero-order chi connectivity index (χ0) is 15.4. The fourth-order valence-electron chi connectivity index (χ4n) is 2.07. The van der Waals surface area contributed by atoms with Crippen molar-refractivity contribution in [3.63, 3.8) is 0 Å². The molecule has 1 amide bonds. The molecule has 0 aliphatic carbocycles. The molecule has 5 heteroatoms. The lowest BCUT2D eigenvalue weighted by atomic mass is 9.98. The zero-order valence-corrected chi connectivity index (χ0v) is 12.3. The molecule has 0 spiro atoms. The normalized spacial score (nSPS) is 10.2. The first-order valence-corrected chi connectivity index (χ1v) is 7.53. The molecule has 0 saturated heterocycles. The summed E-state index contributed by atoms with van der Waals surface area (Å²) < 4.78 is 0. The third-order valence-corrected chi connectivity index (χ3v) is 3.79. The quantitative estimate of drug-likeness (QED) is 0.749. The van der Waals surface area contributed by atoms with Gasteiger partial charge in [-0.15, -0.1) is 11.3 Å². The lowest BCUT2D eigenvalue weighted by molar-refractivity contribution is 0.0996. The number of aromatic nitrogens is 1. The summed E-state index contributed by atoms with van der Waals surface area (Å²) in [6, 6.07) is 15.7. The van der Waals surface area contributed by atoms with Crippen LogP contribution in [0.4, 0.5) is 5.13 Å². The van der Waals surface area contributed by atoms with Crippen molar-refractivity contribution in [3.8, 4) is 0 Å². The molecule has 0 unspecified atom stereocenters. The van der Waals surface area contributed by atoms with Crippen molar-refractivity contribution in [3.05, 3.63) is 82.9 Å². The average molecular weight is 308 g/mol. The Labute approximate surface area is 131 Å². The fourth-order valence-corrected chi connectivity index (χ4v) is 2.60. The summed E-state index contributed by atoms with van der Waals surface area (Å²) in [5.74, 6) is -0.514. The highest BCUT2D eigenvalue weighted by molar-refractivity contribution is 7.13. The highest BCUT2D eigenvalue weighted by Gasteiger charge is 2.18. The Balaban J connectivity index is 1.93. The summed E-state index contributed by atoms with van der Waals surface area (Å²) in [5, 5.41) is 4.98. The molecule has 3 rings (SSSR count). The number of hydrogen-bond donors (Lipinski definition) is 1. The highest BCUT2D eigenvalue weighted by Crippen LogP contribution is 2.17. The second kappa shape index (κ2) is 6.32. The van der Waals surface area contributed by atoms with Gasteiger partial charge in [0.2, 0.25) is 0 Å². The van der Waals surface area contributed by atoms with Gasteiger partial charge in [0.1, 0.15) is 0 Å². The lowest BCUT2D eigenvalue weighted by Crippen LogP contribution is -2.16. The summed E-state index contributed by atoms with van der Waals surface area (Å²) in [5.41, 5.74) is 1.27. The van der Waals surface area contributed by atoms with Gasteiger partial charge in [0.25, 0.3) is 5.91 Å². The van der Waals surface area contributed by atoms with Gasteiger partial charge in [-0.1, -0.05) is 48.5 Å². The minimum atomic E-state index is -0.338. The van der Waals surface area contributed by atoms with Crippen LogP contribution in [0.25, 0.3) is 0 Å². The van der Waals surface area contributed by atoms with Gasteiger partial charge in [-0.2, -0.15) is 0 Å². The van der Waals surface area contributed by atoms with Crippen LogP contribution < -0.4 is 5.32 Å². The van der Waals surface area contributed by atoms with E-state index in [4.69, 9.17) is 0 Å². The van der Waals surface area contributed by atoms with E-state index < -0.39 is 0 Å². The van der Waals surface area contributed by atoms with Gasteiger partial charge in [0.05, 0.1) is 5.56 Å². The first kappa shape index (κ1) is 14.2. The second-order valence-electron chi connectivity index (χ2n) is 4.53. The Morgan fingerprint density at radius 1 is 0.909 bits per heavy atom. The molecule has 0 aliphatic heterocycles. The number of thiazole rings is 1. The molecule has 0 saturated carbocycles. The number of rotatable bonds is 4. The van der Waals surface area contributed by atoms with Crippen LogP contribution in [0.15, 0.2) is 66.2 Å². The number of hydrogen-bond acceptors (Lipinski definition) is 4. The van der Waals surface area contributed by atoms with Crippen LogP contribution in [0.1, 0.15) is 26.3 Å². The molecule has 2 aromatic carbocycles. The van der Waals surface area contributed by atoms with E-state index in [2.05, 4.69) is 10.3 Å². The first-order valence-electron chi connectivity index (χ1n) is 6.65. The Hall–Kier alpha value is -2.79. The maximum atomic E-state index is 12.6. The largest absolute Gasteiger partial charge is 0.298 e. The molecule has 0 bridgehead atoms. The standard InChI is InChI=1S/C17H12N2O2S/c20-15(12-6-2-1-3-7-12)13-8-4-5-9-14(13)16(21)19-17-18-10-11-22-17/h1-11H,(H,18,19,21). The van der Waals surface area contributed by atoms with E-state index in [0.717, 1.165) is 0 Å². The summed E-state index contributed by atoms with van der Waals surface area (Å²) in [7, 11) is 0. The van der Waals surface area contributed by atoms with Crippen LogP contribution in [0.5, 0.6) is 0 Å². The van der Waals surface area contributed by atoms with Crippen molar-refractivity contribution < 1.29 is 9.59 Å². The van der Waals surface area contributed by atoms with Gasteiger partial charge >= 0.3 is 0 Å². The molecular formula is C17H12N2O2S. The van der Waals surface area contributed by atoms with E-state index in [1.54, 1.807) is 60.1 Å². The van der Waals surface area contributed by atoms with Crippen LogP contribution >= 0.6 is 11.3 Å². The van der Waals surface area contributed by atoms with Gasteiger partial charge in [-0.25, -0.2) is 4.98 Å². The van der Waals surface area contributed by atoms with Crippen LogP contribution in [-0.2, 0) is 0 Å². The van der Waals surface area contributed by atoms with Crippen LogP contribution in [0, 0.1) is 0 Å². The van der Waals surface area contributed by atoms with E-state index in [1.165, 1.54) is 11.3 Å². The van der Waals surface area contributed by atoms with Crippen molar-refractivity contribution in [2.45, 2.75) is 0 Å². The molecule has 1 N–H and O–H groups in total. The number of carbonyl (C=O) groups is 2. The summed E-state index contributed by atoms with van der Waals surface area (Å²) in [6.45, 7) is 0. The van der Waals surface area contributed by atoms with E-state index in [9.17, 15) is 9.59 Å². The van der Waals surface area contributed by atoms with Gasteiger partial charge < -0.3 is 0 Å². The van der Waals surface area contributed by atoms with Gasteiger partial charge in [0.15, 0.2) is 10.9 Å². The van der Waals surface area contributed by atoms with E-state index >= 15 is 0 Å². The molecule has 0 atom stereocenters. The van der Waals surface area contributed by atoms with Crippen molar-refractivity contribution in [1.82, 2.24) is 4.98 Å². The summed E-state index contributed by atoms with van der Waals surface area (Å²) in [6.07, 6.45) is 1.61. The topological polar surface area (TPSA) is 59.1 Å². The average Bonchev–Trinajstić information content (AvgIpc) is 3.08. The lowest BCUT2D eigenvalue weighted by Gasteiger charge is -2.08. The number of benzene rings is 2. The number of amides is 1. The fraction of sp³-hybridized carbons (Fsp3) is 0. The van der Waals surface area contributed by atoms with Gasteiger partial charge in [0, 0.05) is 22.7 Å². The predicted octanol–water partition coefficient (Wildman–Crippen LogP) is 3.63. The minimum Gasteiger partial charge on any atom is -0.298 e. The number of anilines is 1. The van der Waals surface area contributed by atoms with E-state index in [1.807, 2.05) is 6.07 Å².